The summed E-state index contributed by atoms with van der Waals surface area (Å²) < 4.78 is 0. The van der Waals surface area contributed by atoms with E-state index in [1.807, 2.05) is 26.8 Å². The minimum absolute atomic E-state index is 0.0288. The van der Waals surface area contributed by atoms with Crippen LogP contribution >= 0.6 is 0 Å². The molecule has 104 valence electrons. The molecule has 19 heavy (non-hydrogen) atoms. The van der Waals surface area contributed by atoms with Crippen LogP contribution in [0.25, 0.3) is 10.9 Å². The quantitative estimate of drug-likeness (QED) is 0.641. The van der Waals surface area contributed by atoms with E-state index in [9.17, 15) is 10.2 Å². The Kier molecular flexibility index (Phi) is 5.01. The molecule has 0 amide bonds. The molecule has 2 rings (SSSR count). The van der Waals surface area contributed by atoms with E-state index >= 15 is 0 Å². The monoisotopic (exact) mass is 262 g/mol. The summed E-state index contributed by atoms with van der Waals surface area (Å²) in [5.74, 6) is 0.187. The molecule has 4 nitrogen and oxygen atoms in total. The number of aromatic nitrogens is 1. The summed E-state index contributed by atoms with van der Waals surface area (Å²) >= 11 is 0. The molecule has 0 radical (unpaired) electrons. The lowest BCUT2D eigenvalue weighted by Crippen LogP contribution is -2.24. The molecule has 0 aliphatic carbocycles. The van der Waals surface area contributed by atoms with Crippen molar-refractivity contribution in [3.63, 3.8) is 0 Å². The van der Waals surface area contributed by atoms with Crippen molar-refractivity contribution in [2.45, 2.75) is 33.2 Å². The van der Waals surface area contributed by atoms with E-state index in [-0.39, 0.29) is 11.5 Å². The Morgan fingerprint density at radius 2 is 2.05 bits per heavy atom. The van der Waals surface area contributed by atoms with Crippen LogP contribution < -0.4 is 5.73 Å². The van der Waals surface area contributed by atoms with Gasteiger partial charge in [-0.15, -0.1) is 0 Å². The molecule has 0 aliphatic rings. The van der Waals surface area contributed by atoms with E-state index in [0.717, 1.165) is 16.6 Å². The van der Waals surface area contributed by atoms with E-state index in [0.29, 0.717) is 11.9 Å². The number of hydrogen-bond donors (Lipinski definition) is 4. The molecule has 0 bridgehead atoms. The molecule has 1 aromatic heterocycles. The maximum absolute atomic E-state index is 9.72. The van der Waals surface area contributed by atoms with Gasteiger partial charge in [-0.2, -0.15) is 0 Å². The second-order valence-electron chi connectivity index (χ2n) is 4.23. The molecule has 1 heterocycles. The highest BCUT2D eigenvalue weighted by Crippen LogP contribution is 2.29. The highest BCUT2D eigenvalue weighted by molar-refractivity contribution is 5.89. The first-order chi connectivity index (χ1) is 9.00. The van der Waals surface area contributed by atoms with Crippen LogP contribution in [0, 0.1) is 6.92 Å². The number of aliphatic hydroxyl groups excluding tert-OH is 1. The Bertz CT molecular complexity index is 573. The summed E-state index contributed by atoms with van der Waals surface area (Å²) in [5, 5.41) is 19.9. The molecule has 0 aliphatic heterocycles. The van der Waals surface area contributed by atoms with Gasteiger partial charge in [0, 0.05) is 11.1 Å². The van der Waals surface area contributed by atoms with Gasteiger partial charge in [0.05, 0.1) is 11.6 Å². The average Bonchev–Trinajstić information content (AvgIpc) is 2.70. The number of aromatic amines is 1. The van der Waals surface area contributed by atoms with Crippen LogP contribution in [0.3, 0.4) is 0 Å². The zero-order valence-corrected chi connectivity index (χ0v) is 11.7. The number of rotatable bonds is 3. The highest BCUT2D eigenvalue weighted by Gasteiger charge is 2.15. The standard InChI is InChI=1S/C13H16N2O2.C2H6/c1-7-10(6-11(14)8(2)16)9-4-3-5-12(17)13(9)15-7;1-2/h3-5,11,15-17H,2,6,14H2,1H3;1-2H3. The number of aryl methyl sites for hydroxylation is 1. The van der Waals surface area contributed by atoms with E-state index in [4.69, 9.17) is 5.73 Å². The Morgan fingerprint density at radius 3 is 2.63 bits per heavy atom. The van der Waals surface area contributed by atoms with Gasteiger partial charge in [-0.25, -0.2) is 0 Å². The minimum atomic E-state index is -0.491. The lowest BCUT2D eigenvalue weighted by atomic mass is 10.0. The predicted molar refractivity (Wildman–Crippen MR) is 79.5 cm³/mol. The number of fused-ring (bicyclic) bond motifs is 1. The van der Waals surface area contributed by atoms with Crippen molar-refractivity contribution < 1.29 is 10.2 Å². The van der Waals surface area contributed by atoms with Crippen molar-refractivity contribution in [3.8, 4) is 5.75 Å². The summed E-state index contributed by atoms with van der Waals surface area (Å²) in [6, 6.07) is 4.84. The Balaban J connectivity index is 0.000000861. The van der Waals surface area contributed by atoms with Crippen LogP contribution in [0.2, 0.25) is 0 Å². The molecule has 1 atom stereocenters. The summed E-state index contributed by atoms with van der Waals surface area (Å²) in [6.45, 7) is 9.35. The minimum Gasteiger partial charge on any atom is -0.511 e. The SMILES string of the molecule is C=C(O)C(N)Cc1c(C)[nH]c2c(O)cccc12.CC. The Morgan fingerprint density at radius 1 is 1.42 bits per heavy atom. The summed E-state index contributed by atoms with van der Waals surface area (Å²) in [7, 11) is 0. The maximum atomic E-state index is 9.72. The Hall–Kier alpha value is -1.94. The van der Waals surface area contributed by atoms with Gasteiger partial charge >= 0.3 is 0 Å². The number of phenolic OH excluding ortho intramolecular Hbond substituents is 1. The van der Waals surface area contributed by atoms with Crippen molar-refractivity contribution in [3.05, 3.63) is 41.8 Å². The van der Waals surface area contributed by atoms with Gasteiger partial charge in [-0.1, -0.05) is 32.6 Å². The second-order valence-corrected chi connectivity index (χ2v) is 4.23. The molecule has 5 N–H and O–H groups in total. The van der Waals surface area contributed by atoms with Gasteiger partial charge in [-0.3, -0.25) is 0 Å². The predicted octanol–water partition coefficient (Wildman–Crippen LogP) is 3.15. The normalized spacial score (nSPS) is 11.8. The first kappa shape index (κ1) is 15.1. The molecule has 0 fully saturated rings. The van der Waals surface area contributed by atoms with Crippen LogP contribution in [0.15, 0.2) is 30.5 Å². The topological polar surface area (TPSA) is 82.3 Å². The first-order valence-electron chi connectivity index (χ1n) is 6.43. The van der Waals surface area contributed by atoms with Crippen molar-refractivity contribution in [2.75, 3.05) is 0 Å². The number of hydrogen-bond acceptors (Lipinski definition) is 3. The molecule has 0 spiro atoms. The third kappa shape index (κ3) is 3.09. The first-order valence-corrected chi connectivity index (χ1v) is 6.43. The Labute approximate surface area is 113 Å². The summed E-state index contributed by atoms with van der Waals surface area (Å²) in [5.41, 5.74) is 8.43. The molecular formula is C15H22N2O2. The van der Waals surface area contributed by atoms with Crippen LogP contribution in [0.5, 0.6) is 5.75 Å². The molecular weight excluding hydrogens is 240 g/mol. The number of para-hydroxylation sites is 1. The molecule has 1 unspecified atom stereocenters. The van der Waals surface area contributed by atoms with Crippen LogP contribution in [-0.2, 0) is 6.42 Å². The van der Waals surface area contributed by atoms with Crippen LogP contribution in [0.1, 0.15) is 25.1 Å². The number of nitrogens with one attached hydrogen (secondary N) is 1. The smallest absolute Gasteiger partial charge is 0.139 e. The second kappa shape index (κ2) is 6.29. The number of H-pyrrole nitrogens is 1. The number of aromatic hydroxyl groups is 1. The van der Waals surface area contributed by atoms with E-state index in [2.05, 4.69) is 11.6 Å². The lowest BCUT2D eigenvalue weighted by Gasteiger charge is -2.09. The van der Waals surface area contributed by atoms with E-state index in [1.54, 1.807) is 12.1 Å². The third-order valence-corrected chi connectivity index (χ3v) is 2.98. The van der Waals surface area contributed by atoms with Gasteiger partial charge in [0.15, 0.2) is 0 Å². The molecule has 0 saturated carbocycles. The zero-order valence-electron chi connectivity index (χ0n) is 11.7. The van der Waals surface area contributed by atoms with E-state index in [1.165, 1.54) is 0 Å². The zero-order chi connectivity index (χ0) is 14.6. The van der Waals surface area contributed by atoms with Crippen LogP contribution in [0.4, 0.5) is 0 Å². The number of nitrogens with two attached hydrogens (primary N) is 1. The third-order valence-electron chi connectivity index (χ3n) is 2.98. The van der Waals surface area contributed by atoms with Gasteiger partial charge < -0.3 is 20.9 Å². The van der Waals surface area contributed by atoms with Gasteiger partial charge in [0.1, 0.15) is 11.5 Å². The molecule has 2 aromatic rings. The lowest BCUT2D eigenvalue weighted by molar-refractivity contribution is 0.368. The fraction of sp³-hybridized carbons (Fsp3) is 0.333. The average molecular weight is 262 g/mol. The van der Waals surface area contributed by atoms with Crippen molar-refractivity contribution in [2.24, 2.45) is 5.73 Å². The number of aliphatic hydroxyl groups is 1. The van der Waals surface area contributed by atoms with Crippen molar-refractivity contribution in [1.29, 1.82) is 0 Å². The van der Waals surface area contributed by atoms with Gasteiger partial charge in [0.2, 0.25) is 0 Å². The molecule has 4 heteroatoms. The fourth-order valence-electron chi connectivity index (χ4n) is 1.99. The molecule has 1 aromatic carbocycles. The van der Waals surface area contributed by atoms with E-state index < -0.39 is 6.04 Å². The molecule has 0 saturated heterocycles. The summed E-state index contributed by atoms with van der Waals surface area (Å²) in [4.78, 5) is 3.12. The summed E-state index contributed by atoms with van der Waals surface area (Å²) in [6.07, 6.45) is 0.491. The van der Waals surface area contributed by atoms with Gasteiger partial charge in [-0.05, 0) is 25.0 Å². The van der Waals surface area contributed by atoms with Gasteiger partial charge in [0.25, 0.3) is 0 Å². The maximum Gasteiger partial charge on any atom is 0.139 e. The van der Waals surface area contributed by atoms with Crippen molar-refractivity contribution in [1.82, 2.24) is 4.98 Å². The highest BCUT2D eigenvalue weighted by atomic mass is 16.3. The number of phenols is 1. The van der Waals surface area contributed by atoms with Crippen LogP contribution in [-0.4, -0.2) is 21.2 Å². The fourth-order valence-corrected chi connectivity index (χ4v) is 1.99. The van der Waals surface area contributed by atoms with Crippen molar-refractivity contribution >= 4 is 10.9 Å². The largest absolute Gasteiger partial charge is 0.511 e. The number of benzene rings is 1.